The fourth-order valence-corrected chi connectivity index (χ4v) is 10.4. The Kier molecular flexibility index (Phi) is 9.94. The largest absolute Gasteiger partial charge is 0.466 e. The number of ether oxygens (including phenoxy) is 5. The minimum absolute atomic E-state index is 0.0805. The molecule has 3 fully saturated rings. The van der Waals surface area contributed by atoms with Crippen molar-refractivity contribution in [1.82, 2.24) is 0 Å². The maximum absolute atomic E-state index is 13.0. The second-order valence-electron chi connectivity index (χ2n) is 15.2. The fraction of sp³-hybridized carbons (Fsp3) is 0.684. The van der Waals surface area contributed by atoms with Crippen LogP contribution in [-0.4, -0.2) is 72.7 Å². The molecule has 1 aromatic rings. The summed E-state index contributed by atoms with van der Waals surface area (Å²) in [5.41, 5.74) is -0.612. The van der Waals surface area contributed by atoms with Gasteiger partial charge in [0.25, 0.3) is 0 Å². The summed E-state index contributed by atoms with van der Waals surface area (Å²) in [4.78, 5) is 50.4. The van der Waals surface area contributed by atoms with Crippen LogP contribution in [0.4, 0.5) is 0 Å². The van der Waals surface area contributed by atoms with Crippen LogP contribution >= 0.6 is 0 Å². The predicted octanol–water partition coefficient (Wildman–Crippen LogP) is 5.05. The van der Waals surface area contributed by atoms with Crippen molar-refractivity contribution in [2.75, 3.05) is 19.8 Å². The van der Waals surface area contributed by atoms with Crippen molar-refractivity contribution < 1.29 is 48.0 Å². The van der Waals surface area contributed by atoms with E-state index in [0.29, 0.717) is 38.7 Å². The van der Waals surface area contributed by atoms with Crippen molar-refractivity contribution in [3.63, 3.8) is 0 Å². The van der Waals surface area contributed by atoms with Gasteiger partial charge in [0.2, 0.25) is 0 Å². The first-order valence-corrected chi connectivity index (χ1v) is 17.2. The summed E-state index contributed by atoms with van der Waals surface area (Å²) in [7, 11) is 0. The third kappa shape index (κ3) is 6.08. The van der Waals surface area contributed by atoms with Crippen LogP contribution in [0.3, 0.4) is 0 Å². The van der Waals surface area contributed by atoms with Gasteiger partial charge < -0.3 is 28.8 Å². The van der Waals surface area contributed by atoms with E-state index in [2.05, 4.69) is 31.2 Å². The summed E-state index contributed by atoms with van der Waals surface area (Å²) in [6.07, 6.45) is 1.88. The molecule has 0 spiro atoms. The highest BCUT2D eigenvalue weighted by Gasteiger charge is 2.76. The van der Waals surface area contributed by atoms with Crippen LogP contribution in [0, 0.1) is 40.9 Å². The number of aliphatic hydroxyl groups is 1. The Bertz CT molecular complexity index is 1450. The van der Waals surface area contributed by atoms with Gasteiger partial charge in [-0.3, -0.25) is 19.2 Å². The van der Waals surface area contributed by atoms with Crippen LogP contribution in [-0.2, 0) is 49.3 Å². The van der Waals surface area contributed by atoms with Gasteiger partial charge in [-0.15, -0.1) is 0 Å². The molecule has 264 valence electrons. The summed E-state index contributed by atoms with van der Waals surface area (Å²) in [6.45, 7) is 14.2. The smallest absolute Gasteiger partial charge is 0.303 e. The Morgan fingerprint density at radius 3 is 2.12 bits per heavy atom. The highest BCUT2D eigenvalue weighted by molar-refractivity contribution is 5.68. The Morgan fingerprint density at radius 2 is 1.52 bits per heavy atom. The number of esters is 4. The van der Waals surface area contributed by atoms with Crippen LogP contribution in [0.25, 0.3) is 0 Å². The van der Waals surface area contributed by atoms with Crippen LogP contribution < -0.4 is 0 Å². The Hall–Kier alpha value is -3.24. The second-order valence-corrected chi connectivity index (χ2v) is 15.2. The SMILES string of the molecule is CC(=O)OCC[C@]12COC[C@H]1[C@]1(C)CC[C@@H]3[C@@](C)(C1[C@H](OC(C)=O)[C@@H]2OC(C)=O)[C@H](OC(C)=O)C=C(C)[C@]3(O)CCc1ccc(C)cc1. The van der Waals surface area contributed by atoms with Crippen LogP contribution in [0.15, 0.2) is 35.9 Å². The predicted molar refractivity (Wildman–Crippen MR) is 175 cm³/mol. The Balaban J connectivity index is 1.68. The first-order valence-electron chi connectivity index (χ1n) is 17.2. The summed E-state index contributed by atoms with van der Waals surface area (Å²) >= 11 is 0. The highest BCUT2D eigenvalue weighted by atomic mass is 16.6. The summed E-state index contributed by atoms with van der Waals surface area (Å²) in [5.74, 6) is -3.07. The van der Waals surface area contributed by atoms with Crippen molar-refractivity contribution in [3.8, 4) is 0 Å². The Labute approximate surface area is 283 Å². The Morgan fingerprint density at radius 1 is 0.875 bits per heavy atom. The van der Waals surface area contributed by atoms with Gasteiger partial charge in [-0.1, -0.05) is 43.7 Å². The molecule has 1 heterocycles. The van der Waals surface area contributed by atoms with E-state index in [9.17, 15) is 24.3 Å². The van der Waals surface area contributed by atoms with Crippen molar-refractivity contribution in [2.45, 2.75) is 111 Å². The lowest BCUT2D eigenvalue weighted by atomic mass is 9.36. The van der Waals surface area contributed by atoms with E-state index in [0.717, 1.165) is 16.7 Å². The number of rotatable bonds is 9. The molecule has 5 rings (SSSR count). The average Bonchev–Trinajstić information content (AvgIpc) is 3.43. The third-order valence-corrected chi connectivity index (χ3v) is 12.4. The zero-order valence-corrected chi connectivity index (χ0v) is 29.6. The zero-order valence-electron chi connectivity index (χ0n) is 29.6. The standard InChI is InChI=1S/C38H52O10/c1-22-9-11-28(12-10-22)13-16-38(43)23(2)19-31(46-25(4)40)36(8)29(38)14-15-35(7)30-20-44-21-37(30,17-18-45-24(3)39)34(48-27(6)42)32(33(35)36)47-26(5)41/h9-12,19,29-34,43H,13-18,20-21H2,1-8H3/t29-,30+,31-,32+,33?,34+,35+,36-,37+,38-/m1/s1. The van der Waals surface area contributed by atoms with E-state index in [1.54, 1.807) is 0 Å². The zero-order chi connectivity index (χ0) is 35.2. The molecule has 0 amide bonds. The monoisotopic (exact) mass is 668 g/mol. The van der Waals surface area contributed by atoms with Crippen LogP contribution in [0.5, 0.6) is 0 Å². The van der Waals surface area contributed by atoms with E-state index in [4.69, 9.17) is 23.7 Å². The van der Waals surface area contributed by atoms with E-state index in [1.165, 1.54) is 27.7 Å². The molecule has 0 radical (unpaired) electrons. The number of aryl methyl sites for hydroxylation is 2. The first kappa shape index (κ1) is 36.1. The second kappa shape index (κ2) is 13.2. The molecule has 1 saturated heterocycles. The van der Waals surface area contributed by atoms with Gasteiger partial charge in [-0.25, -0.2) is 0 Å². The van der Waals surface area contributed by atoms with E-state index in [1.807, 2.05) is 26.8 Å². The van der Waals surface area contributed by atoms with Crippen molar-refractivity contribution in [3.05, 3.63) is 47.0 Å². The highest BCUT2D eigenvalue weighted by Crippen LogP contribution is 2.72. The number of carbonyl (C=O) groups excluding carboxylic acids is 4. The topological polar surface area (TPSA) is 135 Å². The number of hydrogen-bond acceptors (Lipinski definition) is 10. The van der Waals surface area contributed by atoms with E-state index in [-0.39, 0.29) is 19.1 Å². The lowest BCUT2D eigenvalue weighted by Gasteiger charge is -2.70. The molecule has 3 aliphatic carbocycles. The first-order chi connectivity index (χ1) is 22.5. The van der Waals surface area contributed by atoms with Gasteiger partial charge in [0.05, 0.1) is 25.4 Å². The van der Waals surface area contributed by atoms with Crippen molar-refractivity contribution in [2.24, 2.45) is 34.0 Å². The van der Waals surface area contributed by atoms with Gasteiger partial charge in [-0.2, -0.15) is 0 Å². The molecule has 0 aromatic heterocycles. The molecule has 2 saturated carbocycles. The third-order valence-electron chi connectivity index (χ3n) is 12.4. The minimum Gasteiger partial charge on any atom is -0.466 e. The van der Waals surface area contributed by atoms with Gasteiger partial charge >= 0.3 is 23.9 Å². The molecule has 1 unspecified atom stereocenters. The summed E-state index contributed by atoms with van der Waals surface area (Å²) < 4.78 is 30.2. The van der Waals surface area contributed by atoms with E-state index >= 15 is 0 Å². The lowest BCUT2D eigenvalue weighted by Crippen LogP contribution is -2.74. The molecule has 1 aliphatic heterocycles. The van der Waals surface area contributed by atoms with Crippen LogP contribution in [0.1, 0.15) is 85.3 Å². The molecule has 1 aromatic carbocycles. The molecular formula is C38H52O10. The van der Waals surface area contributed by atoms with Gasteiger partial charge in [0.15, 0.2) is 0 Å². The molecule has 10 atom stereocenters. The lowest BCUT2D eigenvalue weighted by molar-refractivity contribution is -0.287. The molecule has 4 aliphatic rings. The van der Waals surface area contributed by atoms with Crippen LogP contribution in [0.2, 0.25) is 0 Å². The minimum atomic E-state index is -1.26. The number of carbonyl (C=O) groups is 4. The molecule has 48 heavy (non-hydrogen) atoms. The molecule has 10 nitrogen and oxygen atoms in total. The normalized spacial score (nSPS) is 38.4. The quantitative estimate of drug-likeness (QED) is 0.216. The average molecular weight is 669 g/mol. The van der Waals surface area contributed by atoms with Gasteiger partial charge in [0, 0.05) is 50.4 Å². The number of benzene rings is 1. The fourth-order valence-electron chi connectivity index (χ4n) is 10.4. The molecule has 10 heteroatoms. The van der Waals surface area contributed by atoms with E-state index < -0.39 is 75.9 Å². The number of hydrogen-bond donors (Lipinski definition) is 1. The molecule has 1 N–H and O–H groups in total. The van der Waals surface area contributed by atoms with Crippen molar-refractivity contribution >= 4 is 23.9 Å². The van der Waals surface area contributed by atoms with Gasteiger partial charge in [-0.05, 0) is 74.5 Å². The summed E-state index contributed by atoms with van der Waals surface area (Å²) in [5, 5.41) is 12.9. The summed E-state index contributed by atoms with van der Waals surface area (Å²) in [6, 6.07) is 8.29. The maximum Gasteiger partial charge on any atom is 0.303 e. The molecule has 0 bridgehead atoms. The number of fused-ring (bicyclic) bond motifs is 5. The van der Waals surface area contributed by atoms with Gasteiger partial charge in [0.1, 0.15) is 18.3 Å². The maximum atomic E-state index is 13.0. The molecular weight excluding hydrogens is 616 g/mol. The van der Waals surface area contributed by atoms with Crippen molar-refractivity contribution in [1.29, 1.82) is 0 Å².